The highest BCUT2D eigenvalue weighted by atomic mass is 15.3. The molecule has 0 unspecified atom stereocenters. The Bertz CT molecular complexity index is 308. The number of nitrogens with zero attached hydrogens (tertiary/aromatic N) is 4. The Morgan fingerprint density at radius 2 is 1.33 bits per heavy atom. The van der Waals surface area contributed by atoms with E-state index in [-0.39, 0.29) is 0 Å². The fourth-order valence-corrected chi connectivity index (χ4v) is 0.874. The van der Waals surface area contributed by atoms with Gasteiger partial charge in [0.15, 0.2) is 0 Å². The molecule has 0 aromatic carbocycles. The van der Waals surface area contributed by atoms with Crippen LogP contribution in [-0.4, -0.2) is 19.6 Å². The highest BCUT2D eigenvalue weighted by Gasteiger charge is 1.82. The van der Waals surface area contributed by atoms with E-state index in [1.807, 2.05) is 36.9 Å². The van der Waals surface area contributed by atoms with Crippen molar-refractivity contribution >= 4 is 12.4 Å². The Hall–Kier alpha value is -1.84. The van der Waals surface area contributed by atoms with Gasteiger partial charge < -0.3 is 0 Å². The summed E-state index contributed by atoms with van der Waals surface area (Å²) < 4.78 is 3.42. The molecule has 60 valence electrons. The third-order valence-corrected chi connectivity index (χ3v) is 1.42. The second-order valence-corrected chi connectivity index (χ2v) is 2.27. The Balaban J connectivity index is 2.14. The maximum absolute atomic E-state index is 4.00. The minimum absolute atomic E-state index is 1.71. The van der Waals surface area contributed by atoms with Gasteiger partial charge in [0.25, 0.3) is 0 Å². The van der Waals surface area contributed by atoms with Gasteiger partial charge in [-0.3, -0.25) is 0 Å². The molecule has 0 bridgehead atoms. The molecule has 0 amide bonds. The Morgan fingerprint density at radius 3 is 1.67 bits per heavy atom. The first-order chi connectivity index (χ1) is 5.95. The Kier molecular flexibility index (Phi) is 1.74. The minimum atomic E-state index is 1.71. The summed E-state index contributed by atoms with van der Waals surface area (Å²) in [7, 11) is 0. The van der Waals surface area contributed by atoms with E-state index in [4.69, 9.17) is 0 Å². The zero-order valence-electron chi connectivity index (χ0n) is 6.41. The van der Waals surface area contributed by atoms with Crippen LogP contribution in [0.3, 0.4) is 0 Å². The van der Waals surface area contributed by atoms with Gasteiger partial charge in [0, 0.05) is 37.2 Å². The van der Waals surface area contributed by atoms with Crippen molar-refractivity contribution in [2.75, 3.05) is 0 Å². The van der Waals surface area contributed by atoms with Gasteiger partial charge in [0.05, 0.1) is 0 Å². The summed E-state index contributed by atoms with van der Waals surface area (Å²) in [6, 6.07) is 3.74. The maximum Gasteiger partial charge on any atom is 0.0493 e. The van der Waals surface area contributed by atoms with Crippen LogP contribution in [0.25, 0.3) is 12.4 Å². The first kappa shape index (κ1) is 6.84. The molecule has 0 atom stereocenters. The molecular weight excluding hydrogens is 152 g/mol. The van der Waals surface area contributed by atoms with E-state index in [1.54, 1.807) is 21.8 Å². The van der Waals surface area contributed by atoms with Crippen molar-refractivity contribution in [3.8, 4) is 0 Å². The monoisotopic (exact) mass is 160 g/mol. The number of aromatic nitrogens is 4. The molecule has 4 heteroatoms. The third kappa shape index (κ3) is 1.42. The molecular formula is C8H8N4. The molecule has 0 saturated heterocycles. The summed E-state index contributed by atoms with van der Waals surface area (Å²) >= 11 is 0. The Labute approximate surface area is 69.7 Å². The molecule has 0 saturated carbocycles. The SMILES string of the molecule is C(=C\n1cccn1)/n1cccn1. The molecule has 12 heavy (non-hydrogen) atoms. The first-order valence-corrected chi connectivity index (χ1v) is 3.62. The largest absolute Gasteiger partial charge is 0.247 e. The van der Waals surface area contributed by atoms with Crippen LogP contribution in [0.4, 0.5) is 0 Å². The number of rotatable bonds is 2. The van der Waals surface area contributed by atoms with Gasteiger partial charge in [0.2, 0.25) is 0 Å². The van der Waals surface area contributed by atoms with Gasteiger partial charge in [-0.25, -0.2) is 9.36 Å². The second-order valence-electron chi connectivity index (χ2n) is 2.27. The van der Waals surface area contributed by atoms with Crippen molar-refractivity contribution in [2.45, 2.75) is 0 Å². The maximum atomic E-state index is 4.00. The first-order valence-electron chi connectivity index (χ1n) is 3.62. The highest BCUT2D eigenvalue weighted by Crippen LogP contribution is 1.89. The van der Waals surface area contributed by atoms with Crippen molar-refractivity contribution in [3.05, 3.63) is 36.9 Å². The smallest absolute Gasteiger partial charge is 0.0493 e. The van der Waals surface area contributed by atoms with Crippen LogP contribution in [0, 0.1) is 0 Å². The molecule has 0 aliphatic heterocycles. The minimum Gasteiger partial charge on any atom is -0.247 e. The van der Waals surface area contributed by atoms with Crippen LogP contribution in [0.1, 0.15) is 0 Å². The van der Waals surface area contributed by atoms with Gasteiger partial charge in [-0.1, -0.05) is 0 Å². The molecule has 2 heterocycles. The Morgan fingerprint density at radius 1 is 0.833 bits per heavy atom. The van der Waals surface area contributed by atoms with Crippen LogP contribution in [-0.2, 0) is 0 Å². The fourth-order valence-electron chi connectivity index (χ4n) is 0.874. The topological polar surface area (TPSA) is 35.6 Å². The normalized spacial score (nSPS) is 11.0. The van der Waals surface area contributed by atoms with Crippen molar-refractivity contribution in [3.63, 3.8) is 0 Å². The van der Waals surface area contributed by atoms with Crippen molar-refractivity contribution in [1.82, 2.24) is 19.6 Å². The highest BCUT2D eigenvalue weighted by molar-refractivity contribution is 5.41. The lowest BCUT2D eigenvalue weighted by Gasteiger charge is -1.90. The van der Waals surface area contributed by atoms with Gasteiger partial charge in [-0.05, 0) is 12.1 Å². The summed E-state index contributed by atoms with van der Waals surface area (Å²) in [5, 5.41) is 8.01. The van der Waals surface area contributed by atoms with Crippen LogP contribution in [0.15, 0.2) is 36.9 Å². The fraction of sp³-hybridized carbons (Fsp3) is 0. The van der Waals surface area contributed by atoms with E-state index in [2.05, 4.69) is 10.2 Å². The van der Waals surface area contributed by atoms with Gasteiger partial charge >= 0.3 is 0 Å². The summed E-state index contributed by atoms with van der Waals surface area (Å²) in [4.78, 5) is 0. The average Bonchev–Trinajstić information content (AvgIpc) is 2.74. The van der Waals surface area contributed by atoms with E-state index < -0.39 is 0 Å². The van der Waals surface area contributed by atoms with Crippen LogP contribution in [0.5, 0.6) is 0 Å². The predicted molar refractivity (Wildman–Crippen MR) is 46.0 cm³/mol. The molecule has 2 aromatic rings. The molecule has 0 spiro atoms. The summed E-state index contributed by atoms with van der Waals surface area (Å²) in [5.74, 6) is 0. The van der Waals surface area contributed by atoms with Crippen molar-refractivity contribution in [1.29, 1.82) is 0 Å². The zero-order chi connectivity index (χ0) is 8.23. The van der Waals surface area contributed by atoms with Crippen molar-refractivity contribution in [2.24, 2.45) is 0 Å². The van der Waals surface area contributed by atoms with Crippen molar-refractivity contribution < 1.29 is 0 Å². The predicted octanol–water partition coefficient (Wildman–Crippen LogP) is 1.16. The molecule has 0 radical (unpaired) electrons. The standard InChI is InChI=1S/C8H8N4/c1-3-9-11(5-1)7-8-12-6-2-4-10-12/h1-8H/b8-7+. The van der Waals surface area contributed by atoms with Crippen LogP contribution < -0.4 is 0 Å². The average molecular weight is 160 g/mol. The van der Waals surface area contributed by atoms with E-state index >= 15 is 0 Å². The van der Waals surface area contributed by atoms with Crippen LogP contribution in [0.2, 0.25) is 0 Å². The molecule has 0 fully saturated rings. The molecule has 4 nitrogen and oxygen atoms in total. The van der Waals surface area contributed by atoms with E-state index in [9.17, 15) is 0 Å². The van der Waals surface area contributed by atoms with Crippen LogP contribution >= 0.6 is 0 Å². The van der Waals surface area contributed by atoms with E-state index in [0.717, 1.165) is 0 Å². The number of hydrogen-bond donors (Lipinski definition) is 0. The molecule has 2 aromatic heterocycles. The third-order valence-electron chi connectivity index (χ3n) is 1.42. The lowest BCUT2D eigenvalue weighted by Crippen LogP contribution is -1.89. The quantitative estimate of drug-likeness (QED) is 0.661. The lowest BCUT2D eigenvalue weighted by atomic mass is 10.7. The summed E-state index contributed by atoms with van der Waals surface area (Å²) in [6.45, 7) is 0. The molecule has 2 rings (SSSR count). The zero-order valence-corrected chi connectivity index (χ0v) is 6.41. The number of hydrogen-bond acceptors (Lipinski definition) is 2. The molecule has 0 N–H and O–H groups in total. The van der Waals surface area contributed by atoms with E-state index in [0.29, 0.717) is 0 Å². The second kappa shape index (κ2) is 3.04. The molecule has 0 aliphatic carbocycles. The lowest BCUT2D eigenvalue weighted by molar-refractivity contribution is 0.906. The van der Waals surface area contributed by atoms with E-state index in [1.165, 1.54) is 0 Å². The van der Waals surface area contributed by atoms with Gasteiger partial charge in [0.1, 0.15) is 0 Å². The van der Waals surface area contributed by atoms with Gasteiger partial charge in [-0.2, -0.15) is 10.2 Å². The summed E-state index contributed by atoms with van der Waals surface area (Å²) in [5.41, 5.74) is 0. The van der Waals surface area contributed by atoms with Gasteiger partial charge in [-0.15, -0.1) is 0 Å². The molecule has 0 aliphatic rings. The summed E-state index contributed by atoms with van der Waals surface area (Å²) in [6.07, 6.45) is 10.8.